The summed E-state index contributed by atoms with van der Waals surface area (Å²) in [6.45, 7) is -0.928. The number of hydrogen-bond acceptors (Lipinski definition) is 18. The van der Waals surface area contributed by atoms with Gasteiger partial charge in [-0.3, -0.25) is 32.5 Å². The molecule has 24 nitrogen and oxygen atoms in total. The Bertz CT molecular complexity index is 1730. The second kappa shape index (κ2) is 18.2. The predicted molar refractivity (Wildman–Crippen MR) is 173 cm³/mol. The molecular weight excluding hydrogens is 790 g/mol. The molecule has 1 aliphatic rings. The first-order chi connectivity index (χ1) is 24.1. The quantitative estimate of drug-likeness (QED) is 0.0549. The molecule has 0 radical (unpaired) electrons. The van der Waals surface area contributed by atoms with Crippen LogP contribution in [0, 0.1) is 5.41 Å². The van der Waals surface area contributed by atoms with E-state index in [2.05, 4.69) is 34.4 Å². The number of phosphoric acid groups is 3. The molecule has 3 heterocycles. The Labute approximate surface area is 297 Å². The number of carbonyl (C=O) groups is 3. The van der Waals surface area contributed by atoms with Gasteiger partial charge in [0.2, 0.25) is 16.9 Å². The number of aliphatic hydroxyl groups is 2. The lowest BCUT2D eigenvalue weighted by molar-refractivity contribution is -0.137. The largest absolute Gasteiger partial charge is 0.481 e. The summed E-state index contributed by atoms with van der Waals surface area (Å²) in [5, 5.41) is 25.3. The zero-order valence-electron chi connectivity index (χ0n) is 27.2. The van der Waals surface area contributed by atoms with Crippen molar-refractivity contribution in [1.29, 1.82) is 0 Å². The van der Waals surface area contributed by atoms with Gasteiger partial charge in [-0.25, -0.2) is 33.0 Å². The van der Waals surface area contributed by atoms with Crippen LogP contribution < -0.4 is 16.4 Å². The number of anilines is 1. The number of amides is 2. The number of nitrogens with zero attached hydrogens (tertiary/aromatic N) is 4. The highest BCUT2D eigenvalue weighted by atomic mass is 32.2. The first kappa shape index (κ1) is 43.9. The number of carbonyl (C=O) groups excluding carboxylic acids is 3. The number of alkyl halides is 1. The van der Waals surface area contributed by atoms with Crippen molar-refractivity contribution in [2.45, 2.75) is 50.9 Å². The van der Waals surface area contributed by atoms with Crippen molar-refractivity contribution in [2.24, 2.45) is 5.41 Å². The molecule has 1 aliphatic heterocycles. The zero-order chi connectivity index (χ0) is 39.1. The van der Waals surface area contributed by atoms with E-state index < -0.39 is 96.3 Å². The third-order valence-electron chi connectivity index (χ3n) is 6.87. The Kier molecular flexibility index (Phi) is 15.4. The molecule has 1 fully saturated rings. The Balaban J connectivity index is 1.54. The minimum atomic E-state index is -5.58. The van der Waals surface area contributed by atoms with E-state index in [1.165, 1.54) is 13.8 Å². The molecule has 294 valence electrons. The molecule has 3 unspecified atom stereocenters. The topological polar surface area (TPSA) is 364 Å². The maximum atomic E-state index is 12.6. The smallest absolute Gasteiger partial charge is 0.386 e. The van der Waals surface area contributed by atoms with E-state index in [9.17, 15) is 62.3 Å². The van der Waals surface area contributed by atoms with Crippen molar-refractivity contribution < 1.29 is 84.9 Å². The second-order valence-corrected chi connectivity index (χ2v) is 16.8. The van der Waals surface area contributed by atoms with E-state index in [0.29, 0.717) is 11.8 Å². The van der Waals surface area contributed by atoms with Gasteiger partial charge >= 0.3 is 23.5 Å². The van der Waals surface area contributed by atoms with Gasteiger partial charge in [-0.05, 0) is 0 Å². The Morgan fingerprint density at radius 3 is 2.42 bits per heavy atom. The Morgan fingerprint density at radius 2 is 1.77 bits per heavy atom. The number of nitrogens with one attached hydrogen (secondary N) is 2. The molecule has 1 saturated heterocycles. The lowest BCUT2D eigenvalue weighted by atomic mass is 9.87. The molecule has 0 saturated carbocycles. The van der Waals surface area contributed by atoms with Gasteiger partial charge < -0.3 is 50.9 Å². The van der Waals surface area contributed by atoms with E-state index >= 15 is 0 Å². The summed E-state index contributed by atoms with van der Waals surface area (Å²) in [5.41, 5.74) is 4.21. The van der Waals surface area contributed by atoms with Crippen molar-refractivity contribution in [2.75, 3.05) is 44.5 Å². The summed E-state index contributed by atoms with van der Waals surface area (Å²) in [6, 6.07) is 0. The number of halogens is 1. The lowest BCUT2D eigenvalue weighted by Gasteiger charge is -2.30. The van der Waals surface area contributed by atoms with Crippen molar-refractivity contribution in [1.82, 2.24) is 30.2 Å². The third kappa shape index (κ3) is 12.8. The fraction of sp³-hybridized carbons (Fsp3) is 0.652. The second-order valence-electron chi connectivity index (χ2n) is 11.4. The van der Waals surface area contributed by atoms with Crippen molar-refractivity contribution in [3.63, 3.8) is 0 Å². The Morgan fingerprint density at radius 1 is 1.10 bits per heavy atom. The van der Waals surface area contributed by atoms with Crippen molar-refractivity contribution >= 4 is 69.1 Å². The molecular formula is C23H37FN7O17P3S. The number of aliphatic hydroxyl groups excluding tert-OH is 2. The zero-order valence-corrected chi connectivity index (χ0v) is 30.7. The van der Waals surface area contributed by atoms with Crippen LogP contribution >= 0.6 is 35.2 Å². The minimum Gasteiger partial charge on any atom is -0.386 e. The van der Waals surface area contributed by atoms with E-state index in [1.54, 1.807) is 0 Å². The highest BCUT2D eigenvalue weighted by molar-refractivity contribution is 8.13. The number of aromatic nitrogens is 4. The number of ether oxygens (including phenoxy) is 1. The number of thioether (sulfide) groups is 1. The number of phosphoric ester groups is 3. The van der Waals surface area contributed by atoms with Gasteiger partial charge in [0.15, 0.2) is 24.4 Å². The molecule has 2 aromatic rings. The normalized spacial score (nSPS) is 22.4. The number of nitrogen functional groups attached to an aromatic ring is 1. The summed E-state index contributed by atoms with van der Waals surface area (Å²) in [6.07, 6.45) is -7.05. The fourth-order valence-electron chi connectivity index (χ4n) is 4.33. The predicted octanol–water partition coefficient (Wildman–Crippen LogP) is -1.37. The summed E-state index contributed by atoms with van der Waals surface area (Å²) < 4.78 is 73.9. The van der Waals surface area contributed by atoms with Gasteiger partial charge in [0.1, 0.15) is 36.3 Å². The van der Waals surface area contributed by atoms with E-state index in [4.69, 9.17) is 19.5 Å². The van der Waals surface area contributed by atoms with Crippen molar-refractivity contribution in [3.8, 4) is 0 Å². The highest BCUT2D eigenvalue weighted by Gasteiger charge is 2.50. The van der Waals surface area contributed by atoms with Gasteiger partial charge in [-0.2, -0.15) is 4.31 Å². The number of fused-ring (bicyclic) bond motifs is 1. The van der Waals surface area contributed by atoms with Gasteiger partial charge in [0, 0.05) is 30.7 Å². The SMILES string of the molecule is CC(C)(COP(=O)(O)OP(=O)(O)OC[C@H]1O[C@@H](n2cnc3c(N)ncnc32)[C@H](O)[C@@H]1OP(=O)(O)O)C(O)C(=O)NCCC(=O)NCCSC(=O)CF. The first-order valence-electron chi connectivity index (χ1n) is 14.7. The number of imidazole rings is 1. The molecule has 0 aromatic carbocycles. The molecule has 29 heteroatoms. The van der Waals surface area contributed by atoms with Crippen LogP contribution in [0.1, 0.15) is 26.5 Å². The van der Waals surface area contributed by atoms with Gasteiger partial charge in [0.25, 0.3) is 0 Å². The van der Waals surface area contributed by atoms with Crippen molar-refractivity contribution in [3.05, 3.63) is 12.7 Å². The maximum Gasteiger partial charge on any atom is 0.481 e. The molecule has 10 N–H and O–H groups in total. The van der Waals surface area contributed by atoms with E-state index in [-0.39, 0.29) is 42.2 Å². The number of nitrogens with two attached hydrogens (primary N) is 1. The molecule has 0 spiro atoms. The van der Waals surface area contributed by atoms with Gasteiger partial charge in [0.05, 0.1) is 19.5 Å². The third-order valence-corrected chi connectivity index (χ3v) is 10.8. The summed E-state index contributed by atoms with van der Waals surface area (Å²) in [4.78, 5) is 85.9. The Hall–Kier alpha value is -2.51. The molecule has 2 amide bonds. The average molecular weight is 828 g/mol. The van der Waals surface area contributed by atoms with Crippen LogP contribution in [0.5, 0.6) is 0 Å². The van der Waals surface area contributed by atoms with Crippen LogP contribution in [-0.4, -0.2) is 129 Å². The lowest BCUT2D eigenvalue weighted by Crippen LogP contribution is -2.46. The fourth-order valence-corrected chi connectivity index (χ4v) is 7.67. The van der Waals surface area contributed by atoms with Crippen LogP contribution in [0.4, 0.5) is 10.2 Å². The molecule has 7 atom stereocenters. The van der Waals surface area contributed by atoms with Gasteiger partial charge in [-0.15, -0.1) is 0 Å². The number of rotatable bonds is 20. The molecule has 52 heavy (non-hydrogen) atoms. The van der Waals surface area contributed by atoms with E-state index in [0.717, 1.165) is 17.2 Å². The van der Waals surface area contributed by atoms with Crippen LogP contribution in [0.25, 0.3) is 11.2 Å². The summed E-state index contributed by atoms with van der Waals surface area (Å²) in [7, 11) is -16.4. The van der Waals surface area contributed by atoms with Crippen LogP contribution in [0.15, 0.2) is 12.7 Å². The van der Waals surface area contributed by atoms with Crippen LogP contribution in [0.3, 0.4) is 0 Å². The standard InChI is InChI=1S/C23H37FN7O17P3S/c1-23(2,18(35)21(36)27-4-3-13(32)26-5-6-52-14(33)7-24)9-45-51(42,43)48-50(40,41)44-8-12-17(47-49(37,38)39)16(34)22(46-12)31-11-30-15-19(25)28-10-29-20(15)31/h10-12,16-18,22,34-35H,3-9H2,1-2H3,(H,26,32)(H,27,36)(H,40,41)(H,42,43)(H2,25,28,29)(H2,37,38,39)/t12-,16-,17-,18?,22-/m1/s1. The van der Waals surface area contributed by atoms with Gasteiger partial charge in [-0.1, -0.05) is 25.6 Å². The monoisotopic (exact) mass is 827 g/mol. The molecule has 0 bridgehead atoms. The maximum absolute atomic E-state index is 12.6. The highest BCUT2D eigenvalue weighted by Crippen LogP contribution is 2.61. The summed E-state index contributed by atoms with van der Waals surface area (Å²) in [5.74, 6) is -1.45. The molecule has 2 aromatic heterocycles. The van der Waals surface area contributed by atoms with Crippen LogP contribution in [0.2, 0.25) is 0 Å². The average Bonchev–Trinajstić information content (AvgIpc) is 3.60. The van der Waals surface area contributed by atoms with E-state index in [1.807, 2.05) is 0 Å². The molecule has 0 aliphatic carbocycles. The number of hydrogen-bond donors (Lipinski definition) is 9. The minimum absolute atomic E-state index is 0.0224. The van der Waals surface area contributed by atoms with Crippen LogP contribution in [-0.2, 0) is 50.7 Å². The summed E-state index contributed by atoms with van der Waals surface area (Å²) >= 11 is 0.695. The first-order valence-corrected chi connectivity index (χ1v) is 20.2. The molecule has 3 rings (SSSR count).